The van der Waals surface area contributed by atoms with Gasteiger partial charge in [0.1, 0.15) is 0 Å². The van der Waals surface area contributed by atoms with Crippen LogP contribution >= 0.6 is 12.2 Å². The molecule has 4 rings (SSSR count). The number of hydrogen-bond donors (Lipinski definition) is 1. The van der Waals surface area contributed by atoms with Crippen LogP contribution in [0.5, 0.6) is 5.88 Å². The van der Waals surface area contributed by atoms with E-state index in [1.807, 2.05) is 53.6 Å². The summed E-state index contributed by atoms with van der Waals surface area (Å²) in [5, 5.41) is 20.9. The third-order valence-corrected chi connectivity index (χ3v) is 6.08. The zero-order valence-electron chi connectivity index (χ0n) is 18.4. The molecular formula is C22H28N8OS. The zero-order chi connectivity index (χ0) is 22.5. The summed E-state index contributed by atoms with van der Waals surface area (Å²) in [5.41, 5.74) is 1.37. The topological polar surface area (TPSA) is 85.4 Å². The third-order valence-electron chi connectivity index (χ3n) is 5.74. The van der Waals surface area contributed by atoms with E-state index < -0.39 is 0 Å². The first-order valence-corrected chi connectivity index (χ1v) is 11.3. The van der Waals surface area contributed by atoms with Crippen molar-refractivity contribution in [2.75, 3.05) is 44.2 Å². The Morgan fingerprint density at radius 3 is 2.44 bits per heavy atom. The van der Waals surface area contributed by atoms with Gasteiger partial charge in [-0.1, -0.05) is 18.2 Å². The van der Waals surface area contributed by atoms with Crippen LogP contribution in [0.1, 0.15) is 13.8 Å². The molecule has 0 spiro atoms. The van der Waals surface area contributed by atoms with Gasteiger partial charge in [-0.3, -0.25) is 9.47 Å². The van der Waals surface area contributed by atoms with Gasteiger partial charge in [0.25, 0.3) is 0 Å². The van der Waals surface area contributed by atoms with Crippen LogP contribution in [0.3, 0.4) is 0 Å². The maximum atomic E-state index is 11.0. The number of nitrogens with zero attached hydrogens (tertiary/aromatic N) is 8. The Morgan fingerprint density at radius 2 is 1.75 bits per heavy atom. The Hall–Kier alpha value is -3.11. The lowest BCUT2D eigenvalue weighted by Crippen LogP contribution is -2.47. The van der Waals surface area contributed by atoms with Crippen LogP contribution in [-0.4, -0.2) is 73.8 Å². The number of aromatic hydroxyl groups is 1. The number of fused-ring (bicyclic) bond motifs is 1. The molecule has 0 atom stereocenters. The van der Waals surface area contributed by atoms with Crippen molar-refractivity contribution >= 4 is 39.9 Å². The Labute approximate surface area is 193 Å². The van der Waals surface area contributed by atoms with Crippen molar-refractivity contribution in [2.45, 2.75) is 20.5 Å². The molecule has 168 valence electrons. The van der Waals surface area contributed by atoms with E-state index in [0.29, 0.717) is 17.5 Å². The van der Waals surface area contributed by atoms with Crippen molar-refractivity contribution in [1.82, 2.24) is 24.3 Å². The fraction of sp³-hybridized carbons (Fsp3) is 0.409. The van der Waals surface area contributed by atoms with Gasteiger partial charge in [0.05, 0.1) is 12.2 Å². The summed E-state index contributed by atoms with van der Waals surface area (Å²) < 4.78 is 1.89. The van der Waals surface area contributed by atoms with Gasteiger partial charge in [-0.05, 0) is 38.2 Å². The number of hydrogen-bond acceptors (Lipinski definition) is 7. The summed E-state index contributed by atoms with van der Waals surface area (Å²) in [6.07, 6.45) is 3.53. The maximum absolute atomic E-state index is 11.0. The van der Waals surface area contributed by atoms with E-state index >= 15 is 0 Å². The Balaban J connectivity index is 1.53. The van der Waals surface area contributed by atoms with Crippen molar-refractivity contribution in [1.29, 1.82) is 0 Å². The van der Waals surface area contributed by atoms with E-state index in [9.17, 15) is 5.11 Å². The molecule has 1 aliphatic rings. The highest BCUT2D eigenvalue weighted by atomic mass is 32.1. The summed E-state index contributed by atoms with van der Waals surface area (Å²) in [4.78, 5) is 15.1. The second kappa shape index (κ2) is 10.0. The molecule has 0 bridgehead atoms. The number of benzene rings is 1. The Bertz CT molecular complexity index is 1090. The van der Waals surface area contributed by atoms with Gasteiger partial charge in [-0.25, -0.2) is 9.97 Å². The summed E-state index contributed by atoms with van der Waals surface area (Å²) in [6.45, 7) is 9.48. The van der Waals surface area contributed by atoms with Crippen LogP contribution in [-0.2, 0) is 6.67 Å². The monoisotopic (exact) mass is 452 g/mol. The van der Waals surface area contributed by atoms with Crippen LogP contribution < -0.4 is 4.90 Å². The standard InChI is InChI=1S/C22H28N8OS/c1-3-28(4-2)22(32)26-25-19-17-8-5-6-9-18(17)30(20(19)31)16-27-12-14-29(15-13-27)21-23-10-7-11-24-21/h5-11,31H,3-4,12-16H2,1-2H3. The molecule has 10 heteroatoms. The molecule has 1 N–H and O–H groups in total. The van der Waals surface area contributed by atoms with Crippen LogP contribution in [0.15, 0.2) is 53.0 Å². The van der Waals surface area contributed by atoms with Gasteiger partial charge in [0.15, 0.2) is 5.69 Å². The first kappa shape index (κ1) is 22.1. The highest BCUT2D eigenvalue weighted by molar-refractivity contribution is 7.80. The van der Waals surface area contributed by atoms with Gasteiger partial charge >= 0.3 is 0 Å². The van der Waals surface area contributed by atoms with E-state index in [1.165, 1.54) is 0 Å². The van der Waals surface area contributed by atoms with Crippen molar-refractivity contribution < 1.29 is 5.11 Å². The first-order chi connectivity index (χ1) is 15.6. The van der Waals surface area contributed by atoms with E-state index in [4.69, 9.17) is 12.2 Å². The van der Waals surface area contributed by atoms with Crippen LogP contribution in [0, 0.1) is 0 Å². The largest absolute Gasteiger partial charge is 0.493 e. The molecule has 0 unspecified atom stereocenters. The lowest BCUT2D eigenvalue weighted by atomic mass is 10.2. The highest BCUT2D eigenvalue weighted by Gasteiger charge is 2.22. The van der Waals surface area contributed by atoms with Gasteiger partial charge < -0.3 is 14.9 Å². The van der Waals surface area contributed by atoms with E-state index in [0.717, 1.165) is 56.1 Å². The number of piperazine rings is 1. The van der Waals surface area contributed by atoms with Crippen molar-refractivity contribution in [3.05, 3.63) is 42.7 Å². The molecule has 0 amide bonds. The second-order valence-corrected chi connectivity index (χ2v) is 7.93. The molecule has 2 aromatic heterocycles. The highest BCUT2D eigenvalue weighted by Crippen LogP contribution is 2.39. The van der Waals surface area contributed by atoms with Crippen molar-refractivity contribution in [3.63, 3.8) is 0 Å². The summed E-state index contributed by atoms with van der Waals surface area (Å²) >= 11 is 5.38. The molecule has 1 fully saturated rings. The number of para-hydroxylation sites is 1. The molecule has 3 aromatic rings. The van der Waals surface area contributed by atoms with Crippen molar-refractivity contribution in [3.8, 4) is 5.88 Å². The minimum Gasteiger partial charge on any atom is -0.493 e. The number of anilines is 1. The molecule has 1 aliphatic heterocycles. The molecule has 0 saturated carbocycles. The number of azo groups is 1. The first-order valence-electron chi connectivity index (χ1n) is 10.9. The molecule has 32 heavy (non-hydrogen) atoms. The minimum atomic E-state index is 0.103. The van der Waals surface area contributed by atoms with E-state index in [2.05, 4.69) is 30.0 Å². The molecule has 9 nitrogen and oxygen atoms in total. The van der Waals surface area contributed by atoms with Crippen LogP contribution in [0.25, 0.3) is 10.9 Å². The second-order valence-electron chi connectivity index (χ2n) is 7.57. The van der Waals surface area contributed by atoms with E-state index in [1.54, 1.807) is 12.4 Å². The normalized spacial score (nSPS) is 15.0. The fourth-order valence-electron chi connectivity index (χ4n) is 3.91. The molecule has 1 aromatic carbocycles. The van der Waals surface area contributed by atoms with Crippen LogP contribution in [0.4, 0.5) is 11.6 Å². The average Bonchev–Trinajstić information content (AvgIpc) is 3.10. The number of thiocarbonyl (C=S) groups is 1. The van der Waals surface area contributed by atoms with Gasteiger partial charge in [-0.15, -0.1) is 10.2 Å². The Kier molecular flexibility index (Phi) is 6.91. The maximum Gasteiger partial charge on any atom is 0.225 e. The summed E-state index contributed by atoms with van der Waals surface area (Å²) in [6, 6.07) is 9.66. The minimum absolute atomic E-state index is 0.103. The van der Waals surface area contributed by atoms with E-state index in [-0.39, 0.29) is 5.88 Å². The fourth-order valence-corrected chi connectivity index (χ4v) is 4.21. The lowest BCUT2D eigenvalue weighted by Gasteiger charge is -2.34. The van der Waals surface area contributed by atoms with Gasteiger partial charge in [-0.2, -0.15) is 0 Å². The summed E-state index contributed by atoms with van der Waals surface area (Å²) in [7, 11) is 0. The predicted octanol–water partition coefficient (Wildman–Crippen LogP) is 3.63. The number of rotatable bonds is 6. The molecular weight excluding hydrogens is 424 g/mol. The summed E-state index contributed by atoms with van der Waals surface area (Å²) in [5.74, 6) is 0.861. The third kappa shape index (κ3) is 4.56. The van der Waals surface area contributed by atoms with Crippen LogP contribution in [0.2, 0.25) is 0 Å². The van der Waals surface area contributed by atoms with Crippen molar-refractivity contribution in [2.24, 2.45) is 10.2 Å². The zero-order valence-corrected chi connectivity index (χ0v) is 19.2. The molecule has 3 heterocycles. The lowest BCUT2D eigenvalue weighted by molar-refractivity contribution is 0.199. The average molecular weight is 453 g/mol. The van der Waals surface area contributed by atoms with Gasteiger partial charge in [0, 0.05) is 57.0 Å². The number of aromatic nitrogens is 3. The van der Waals surface area contributed by atoms with Gasteiger partial charge in [0.2, 0.25) is 16.9 Å². The SMILES string of the molecule is CCN(CC)C(=S)N=Nc1c(O)n(CN2CCN(c3ncccn3)CC2)c2ccccc12. The Morgan fingerprint density at radius 1 is 1.06 bits per heavy atom. The molecule has 0 radical (unpaired) electrons. The quantitative estimate of drug-likeness (QED) is 0.451. The molecule has 0 aliphatic carbocycles. The molecule has 1 saturated heterocycles. The predicted molar refractivity (Wildman–Crippen MR) is 129 cm³/mol. The smallest absolute Gasteiger partial charge is 0.225 e.